The van der Waals surface area contributed by atoms with E-state index in [0.29, 0.717) is 24.2 Å². The Balaban J connectivity index is 2.45. The lowest BCUT2D eigenvalue weighted by Crippen LogP contribution is -2.44. The van der Waals surface area contributed by atoms with Crippen molar-refractivity contribution in [2.24, 2.45) is 0 Å². The molecule has 1 aromatic rings. The first-order chi connectivity index (χ1) is 9.21. The summed E-state index contributed by atoms with van der Waals surface area (Å²) >= 11 is 1.80. The maximum absolute atomic E-state index is 13.4. The van der Waals surface area contributed by atoms with Crippen LogP contribution in [0.3, 0.4) is 0 Å². The molecule has 0 aliphatic carbocycles. The van der Waals surface area contributed by atoms with Gasteiger partial charge in [0.05, 0.1) is 4.90 Å². The number of nitrogens with zero attached hydrogens (tertiary/aromatic N) is 1. The summed E-state index contributed by atoms with van der Waals surface area (Å²) in [5.41, 5.74) is 0.946. The number of hydrogen-bond donors (Lipinski definition) is 0. The third-order valence-corrected chi connectivity index (χ3v) is 6.77. The number of thioether (sulfide) groups is 1. The number of sulfonamides is 1. The van der Waals surface area contributed by atoms with Crippen molar-refractivity contribution in [3.63, 3.8) is 0 Å². The van der Waals surface area contributed by atoms with Crippen LogP contribution in [-0.2, 0) is 10.0 Å². The molecular weight excluding hydrogens is 297 g/mol. The minimum Gasteiger partial charge on any atom is -0.207 e. The van der Waals surface area contributed by atoms with Crippen molar-refractivity contribution in [2.45, 2.75) is 43.1 Å². The first-order valence-electron chi connectivity index (χ1n) is 6.64. The zero-order valence-electron chi connectivity index (χ0n) is 12.2. The topological polar surface area (TPSA) is 37.4 Å². The van der Waals surface area contributed by atoms with Crippen LogP contribution >= 0.6 is 11.8 Å². The van der Waals surface area contributed by atoms with Gasteiger partial charge in [0.2, 0.25) is 10.0 Å². The lowest BCUT2D eigenvalue weighted by atomic mass is 10.1. The smallest absolute Gasteiger partial charge is 0.207 e. The van der Waals surface area contributed by atoms with Gasteiger partial charge in [0.25, 0.3) is 0 Å². The van der Waals surface area contributed by atoms with Gasteiger partial charge in [-0.2, -0.15) is 16.1 Å². The zero-order valence-corrected chi connectivity index (χ0v) is 13.8. The zero-order chi connectivity index (χ0) is 15.1. The molecule has 2 rings (SSSR count). The number of hydrogen-bond acceptors (Lipinski definition) is 3. The Hall–Kier alpha value is -0.590. The van der Waals surface area contributed by atoms with Gasteiger partial charge in [-0.15, -0.1) is 0 Å². The van der Waals surface area contributed by atoms with E-state index in [9.17, 15) is 12.8 Å². The fraction of sp³-hybridized carbons (Fsp3) is 0.571. The van der Waals surface area contributed by atoms with Crippen LogP contribution < -0.4 is 0 Å². The van der Waals surface area contributed by atoms with Crippen LogP contribution in [-0.4, -0.2) is 36.3 Å². The van der Waals surface area contributed by atoms with Crippen molar-refractivity contribution < 1.29 is 12.8 Å². The van der Waals surface area contributed by atoms with E-state index in [2.05, 4.69) is 0 Å². The molecule has 1 fully saturated rings. The molecule has 2 atom stereocenters. The second-order valence-corrected chi connectivity index (χ2v) is 9.20. The van der Waals surface area contributed by atoms with Crippen LogP contribution in [0.1, 0.15) is 25.0 Å². The second kappa shape index (κ2) is 5.66. The normalized spacial score (nSPS) is 24.9. The highest BCUT2D eigenvalue weighted by Gasteiger charge is 2.33. The van der Waals surface area contributed by atoms with Crippen LogP contribution in [0.4, 0.5) is 4.39 Å². The summed E-state index contributed by atoms with van der Waals surface area (Å²) in [6.45, 7) is 8.38. The molecule has 20 heavy (non-hydrogen) atoms. The summed E-state index contributed by atoms with van der Waals surface area (Å²) in [6.07, 6.45) is 0. The molecule has 112 valence electrons. The standard InChI is InChI=1S/C14H20FNO2S2/c1-9-5-13(15)6-10(2)14(9)20(17,18)16-7-11(3)19-12(4)8-16/h5-6,11-12H,7-8H2,1-4H3. The number of benzene rings is 1. The molecule has 0 bridgehead atoms. The molecule has 0 radical (unpaired) electrons. The molecule has 0 spiro atoms. The van der Waals surface area contributed by atoms with Gasteiger partial charge in [0.15, 0.2) is 0 Å². The Morgan fingerprint density at radius 2 is 1.60 bits per heavy atom. The molecule has 0 saturated carbocycles. The Bertz CT molecular complexity index is 583. The predicted molar refractivity (Wildman–Crippen MR) is 81.1 cm³/mol. The van der Waals surface area contributed by atoms with Crippen molar-refractivity contribution in [2.75, 3.05) is 13.1 Å². The fourth-order valence-electron chi connectivity index (χ4n) is 2.76. The summed E-state index contributed by atoms with van der Waals surface area (Å²) in [4.78, 5) is 0.255. The minimum atomic E-state index is -3.55. The highest BCUT2D eigenvalue weighted by Crippen LogP contribution is 2.31. The minimum absolute atomic E-state index is 0.255. The Morgan fingerprint density at radius 3 is 2.05 bits per heavy atom. The summed E-state index contributed by atoms with van der Waals surface area (Å²) in [7, 11) is -3.55. The van der Waals surface area contributed by atoms with Gasteiger partial charge >= 0.3 is 0 Å². The third kappa shape index (κ3) is 3.02. The van der Waals surface area contributed by atoms with E-state index in [1.165, 1.54) is 16.4 Å². The molecule has 1 aliphatic heterocycles. The van der Waals surface area contributed by atoms with Crippen LogP contribution in [0.2, 0.25) is 0 Å². The number of halogens is 1. The quantitative estimate of drug-likeness (QED) is 0.841. The molecule has 3 nitrogen and oxygen atoms in total. The third-order valence-electron chi connectivity index (χ3n) is 3.41. The van der Waals surface area contributed by atoms with Gasteiger partial charge in [-0.1, -0.05) is 13.8 Å². The van der Waals surface area contributed by atoms with E-state index in [1.54, 1.807) is 25.6 Å². The van der Waals surface area contributed by atoms with Crippen molar-refractivity contribution in [3.8, 4) is 0 Å². The van der Waals surface area contributed by atoms with Crippen molar-refractivity contribution >= 4 is 21.8 Å². The molecular formula is C14H20FNO2S2. The molecule has 6 heteroatoms. The summed E-state index contributed by atoms with van der Waals surface area (Å²) < 4.78 is 40.5. The average Bonchev–Trinajstić information content (AvgIpc) is 2.25. The summed E-state index contributed by atoms with van der Waals surface area (Å²) in [5, 5.41) is 0.546. The molecule has 0 amide bonds. The number of aryl methyl sites for hydroxylation is 2. The maximum atomic E-state index is 13.4. The van der Waals surface area contributed by atoms with Crippen LogP contribution in [0, 0.1) is 19.7 Å². The van der Waals surface area contributed by atoms with Crippen molar-refractivity contribution in [1.29, 1.82) is 0 Å². The lowest BCUT2D eigenvalue weighted by molar-refractivity contribution is 0.404. The van der Waals surface area contributed by atoms with Crippen molar-refractivity contribution in [3.05, 3.63) is 29.1 Å². The van der Waals surface area contributed by atoms with Crippen LogP contribution in [0.25, 0.3) is 0 Å². The Morgan fingerprint density at radius 1 is 1.15 bits per heavy atom. The first kappa shape index (κ1) is 15.8. The average molecular weight is 317 g/mol. The lowest BCUT2D eigenvalue weighted by Gasteiger charge is -2.34. The van der Waals surface area contributed by atoms with Crippen LogP contribution in [0.15, 0.2) is 17.0 Å². The van der Waals surface area contributed by atoms with Gasteiger partial charge in [-0.3, -0.25) is 0 Å². The maximum Gasteiger partial charge on any atom is 0.243 e. The largest absolute Gasteiger partial charge is 0.243 e. The molecule has 0 N–H and O–H groups in total. The van der Waals surface area contributed by atoms with E-state index in [-0.39, 0.29) is 15.4 Å². The monoisotopic (exact) mass is 317 g/mol. The predicted octanol–water partition coefficient (Wildman–Crippen LogP) is 2.96. The molecule has 0 aromatic heterocycles. The van der Waals surface area contributed by atoms with E-state index < -0.39 is 15.8 Å². The molecule has 1 aliphatic rings. The van der Waals surface area contributed by atoms with E-state index >= 15 is 0 Å². The summed E-state index contributed by atoms with van der Waals surface area (Å²) in [6, 6.07) is 2.57. The number of rotatable bonds is 2. The van der Waals surface area contributed by atoms with Gasteiger partial charge in [-0.05, 0) is 37.1 Å². The van der Waals surface area contributed by atoms with Gasteiger partial charge < -0.3 is 0 Å². The van der Waals surface area contributed by atoms with E-state index in [0.717, 1.165) is 0 Å². The molecule has 1 heterocycles. The molecule has 1 saturated heterocycles. The van der Waals surface area contributed by atoms with E-state index in [4.69, 9.17) is 0 Å². The Labute approximate surface area is 124 Å². The highest BCUT2D eigenvalue weighted by atomic mass is 32.2. The first-order valence-corrected chi connectivity index (χ1v) is 9.02. The van der Waals surface area contributed by atoms with Gasteiger partial charge in [0.1, 0.15) is 5.82 Å². The molecule has 2 unspecified atom stereocenters. The highest BCUT2D eigenvalue weighted by molar-refractivity contribution is 8.00. The molecule has 1 aromatic carbocycles. The van der Waals surface area contributed by atoms with Crippen molar-refractivity contribution in [1.82, 2.24) is 4.31 Å². The second-order valence-electron chi connectivity index (χ2n) is 5.45. The van der Waals surface area contributed by atoms with Gasteiger partial charge in [0, 0.05) is 23.6 Å². The fourth-order valence-corrected chi connectivity index (χ4v) is 6.30. The Kier molecular flexibility index (Phi) is 4.47. The van der Waals surface area contributed by atoms with E-state index in [1.807, 2.05) is 13.8 Å². The summed E-state index contributed by atoms with van der Waals surface area (Å²) in [5.74, 6) is -0.394. The van der Waals surface area contributed by atoms with Gasteiger partial charge in [-0.25, -0.2) is 12.8 Å². The SMILES string of the molecule is Cc1cc(F)cc(C)c1S(=O)(=O)N1CC(C)SC(C)C1. The van der Waals surface area contributed by atoms with Crippen LogP contribution in [0.5, 0.6) is 0 Å².